The summed E-state index contributed by atoms with van der Waals surface area (Å²) in [6.45, 7) is 13.5. The van der Waals surface area contributed by atoms with Crippen LogP contribution in [0.2, 0.25) is 0 Å². The zero-order chi connectivity index (χ0) is 15.2. The van der Waals surface area contributed by atoms with Crippen LogP contribution in [0.5, 0.6) is 0 Å². The van der Waals surface area contributed by atoms with Gasteiger partial charge in [-0.2, -0.15) is 0 Å². The average molecular weight is 285 g/mol. The highest BCUT2D eigenvalue weighted by molar-refractivity contribution is 4.90. The second-order valence-corrected chi connectivity index (χ2v) is 6.72. The summed E-state index contributed by atoms with van der Waals surface area (Å²) in [5.41, 5.74) is -0.162. The normalized spacial score (nSPS) is 27.0. The average Bonchev–Trinajstić information content (AvgIpc) is 2.60. The highest BCUT2D eigenvalue weighted by atomic mass is 16.3. The predicted octanol–water partition coefficient (Wildman–Crippen LogP) is 1.54. The van der Waals surface area contributed by atoms with E-state index in [0.717, 1.165) is 19.5 Å². The molecule has 0 aliphatic carbocycles. The highest BCUT2D eigenvalue weighted by Gasteiger charge is 2.31. The first kappa shape index (κ1) is 17.9. The maximum absolute atomic E-state index is 9.70. The molecule has 0 aromatic rings. The van der Waals surface area contributed by atoms with Crippen molar-refractivity contribution >= 4 is 0 Å². The Balaban J connectivity index is 2.69. The Morgan fingerprint density at radius 1 is 1.35 bits per heavy atom. The lowest BCUT2D eigenvalue weighted by Crippen LogP contribution is -2.53. The summed E-state index contributed by atoms with van der Waals surface area (Å²) in [4.78, 5) is 5.12. The molecule has 120 valence electrons. The van der Waals surface area contributed by atoms with Crippen molar-refractivity contribution in [2.24, 2.45) is 0 Å². The van der Waals surface area contributed by atoms with Gasteiger partial charge in [-0.3, -0.25) is 4.90 Å². The van der Waals surface area contributed by atoms with Crippen LogP contribution in [0.25, 0.3) is 0 Å². The third-order valence-electron chi connectivity index (χ3n) is 4.68. The van der Waals surface area contributed by atoms with Gasteiger partial charge < -0.3 is 15.3 Å². The Kier molecular flexibility index (Phi) is 7.45. The van der Waals surface area contributed by atoms with E-state index in [0.29, 0.717) is 12.1 Å². The molecule has 3 atom stereocenters. The second kappa shape index (κ2) is 8.32. The maximum Gasteiger partial charge on any atom is 0.0611 e. The third kappa shape index (κ3) is 4.99. The molecule has 3 unspecified atom stereocenters. The molecule has 1 heterocycles. The van der Waals surface area contributed by atoms with Crippen molar-refractivity contribution < 1.29 is 5.11 Å². The summed E-state index contributed by atoms with van der Waals surface area (Å²) in [7, 11) is 2.23. The van der Waals surface area contributed by atoms with E-state index >= 15 is 0 Å². The van der Waals surface area contributed by atoms with Crippen LogP contribution in [0, 0.1) is 0 Å². The molecule has 1 rings (SSSR count). The molecule has 1 fully saturated rings. The van der Waals surface area contributed by atoms with E-state index in [4.69, 9.17) is 0 Å². The zero-order valence-electron chi connectivity index (χ0n) is 14.2. The van der Waals surface area contributed by atoms with Crippen molar-refractivity contribution in [3.63, 3.8) is 0 Å². The van der Waals surface area contributed by atoms with E-state index in [-0.39, 0.29) is 12.1 Å². The van der Waals surface area contributed by atoms with Crippen LogP contribution >= 0.6 is 0 Å². The third-order valence-corrected chi connectivity index (χ3v) is 4.68. The van der Waals surface area contributed by atoms with E-state index < -0.39 is 0 Å². The summed E-state index contributed by atoms with van der Waals surface area (Å²) in [5.74, 6) is 0. The fraction of sp³-hybridized carbons (Fsp3) is 1.00. The maximum atomic E-state index is 9.70. The van der Waals surface area contributed by atoms with E-state index in [9.17, 15) is 5.11 Å². The molecule has 20 heavy (non-hydrogen) atoms. The number of hydrogen-bond acceptors (Lipinski definition) is 4. The Morgan fingerprint density at radius 3 is 2.60 bits per heavy atom. The first-order valence-corrected chi connectivity index (χ1v) is 8.26. The predicted molar refractivity (Wildman–Crippen MR) is 86.1 cm³/mol. The van der Waals surface area contributed by atoms with Crippen LogP contribution in [0.15, 0.2) is 0 Å². The van der Waals surface area contributed by atoms with Gasteiger partial charge in [0.15, 0.2) is 0 Å². The minimum atomic E-state index is -0.162. The van der Waals surface area contributed by atoms with Crippen LogP contribution < -0.4 is 5.32 Å². The van der Waals surface area contributed by atoms with E-state index in [1.165, 1.54) is 25.9 Å². The molecule has 0 radical (unpaired) electrons. The molecule has 0 aromatic heterocycles. The number of rotatable bonds is 7. The largest absolute Gasteiger partial charge is 0.394 e. The van der Waals surface area contributed by atoms with Crippen molar-refractivity contribution in [2.75, 3.05) is 39.8 Å². The first-order chi connectivity index (χ1) is 9.45. The van der Waals surface area contributed by atoms with Gasteiger partial charge in [-0.15, -0.1) is 0 Å². The highest BCUT2D eigenvalue weighted by Crippen LogP contribution is 2.21. The number of aliphatic hydroxyl groups excluding tert-OH is 1. The van der Waals surface area contributed by atoms with Crippen molar-refractivity contribution in [3.8, 4) is 0 Å². The van der Waals surface area contributed by atoms with Crippen molar-refractivity contribution in [2.45, 2.75) is 64.6 Å². The van der Waals surface area contributed by atoms with Gasteiger partial charge in [0.05, 0.1) is 6.61 Å². The molecule has 0 saturated carbocycles. The number of likely N-dealkylation sites (N-methyl/N-ethyl adjacent to an activating group) is 2. The summed E-state index contributed by atoms with van der Waals surface area (Å²) in [6, 6.07) is 1.14. The van der Waals surface area contributed by atoms with Crippen molar-refractivity contribution in [1.29, 1.82) is 0 Å². The zero-order valence-corrected chi connectivity index (χ0v) is 14.2. The lowest BCUT2D eigenvalue weighted by molar-refractivity contribution is 0.0864. The summed E-state index contributed by atoms with van der Waals surface area (Å²) in [5, 5.41) is 13.1. The summed E-state index contributed by atoms with van der Waals surface area (Å²) >= 11 is 0. The van der Waals surface area contributed by atoms with Crippen molar-refractivity contribution in [1.82, 2.24) is 15.1 Å². The first-order valence-electron chi connectivity index (χ1n) is 8.26. The van der Waals surface area contributed by atoms with Gasteiger partial charge in [-0.05, 0) is 59.8 Å². The van der Waals surface area contributed by atoms with Gasteiger partial charge in [0.2, 0.25) is 0 Å². The van der Waals surface area contributed by atoms with Crippen LogP contribution in [0.3, 0.4) is 0 Å². The standard InChI is InChI=1S/C16H35N3O/c1-6-15-12-18(5)9-8-10-19(15)14(3)11-16(4,13-20)17-7-2/h14-15,17,20H,6-13H2,1-5H3. The van der Waals surface area contributed by atoms with Gasteiger partial charge >= 0.3 is 0 Å². The molecule has 4 nitrogen and oxygen atoms in total. The molecule has 0 aromatic carbocycles. The number of hydrogen-bond donors (Lipinski definition) is 2. The van der Waals surface area contributed by atoms with E-state index in [1.807, 2.05) is 0 Å². The number of nitrogens with one attached hydrogen (secondary N) is 1. The number of aliphatic hydroxyl groups is 1. The second-order valence-electron chi connectivity index (χ2n) is 6.72. The topological polar surface area (TPSA) is 38.7 Å². The Morgan fingerprint density at radius 2 is 2.05 bits per heavy atom. The van der Waals surface area contributed by atoms with Crippen LogP contribution in [0.4, 0.5) is 0 Å². The fourth-order valence-electron chi connectivity index (χ4n) is 3.59. The molecule has 0 bridgehead atoms. The smallest absolute Gasteiger partial charge is 0.0611 e. The number of nitrogens with zero attached hydrogens (tertiary/aromatic N) is 2. The molecule has 2 N–H and O–H groups in total. The van der Waals surface area contributed by atoms with Gasteiger partial charge in [0.25, 0.3) is 0 Å². The quantitative estimate of drug-likeness (QED) is 0.744. The summed E-state index contributed by atoms with van der Waals surface area (Å²) in [6.07, 6.45) is 3.44. The van der Waals surface area contributed by atoms with Crippen LogP contribution in [-0.2, 0) is 0 Å². The Bertz CT molecular complexity index is 274. The lowest BCUT2D eigenvalue weighted by Gasteiger charge is -2.40. The minimum absolute atomic E-state index is 0.162. The molecule has 0 spiro atoms. The van der Waals surface area contributed by atoms with Crippen molar-refractivity contribution in [3.05, 3.63) is 0 Å². The summed E-state index contributed by atoms with van der Waals surface area (Å²) < 4.78 is 0. The molecular formula is C16H35N3O. The van der Waals surface area contributed by atoms with E-state index in [2.05, 4.69) is 49.9 Å². The lowest BCUT2D eigenvalue weighted by atomic mass is 9.92. The fourth-order valence-corrected chi connectivity index (χ4v) is 3.59. The monoisotopic (exact) mass is 285 g/mol. The minimum Gasteiger partial charge on any atom is -0.394 e. The molecule has 1 aliphatic rings. The van der Waals surface area contributed by atoms with Crippen LogP contribution in [0.1, 0.15) is 47.0 Å². The van der Waals surface area contributed by atoms with Gasteiger partial charge in [0.1, 0.15) is 0 Å². The molecule has 4 heteroatoms. The van der Waals surface area contributed by atoms with Gasteiger partial charge in [-0.25, -0.2) is 0 Å². The Labute approximate surface area is 125 Å². The Hall–Kier alpha value is -0.160. The van der Waals surface area contributed by atoms with Crippen LogP contribution in [-0.4, -0.2) is 72.4 Å². The SMILES string of the molecule is CCNC(C)(CO)CC(C)N1CCCN(C)CC1CC. The van der Waals surface area contributed by atoms with E-state index in [1.54, 1.807) is 0 Å². The van der Waals surface area contributed by atoms with Gasteiger partial charge in [0, 0.05) is 24.2 Å². The molecule has 1 aliphatic heterocycles. The van der Waals surface area contributed by atoms with Gasteiger partial charge in [-0.1, -0.05) is 13.8 Å². The molecule has 1 saturated heterocycles. The molecular weight excluding hydrogens is 250 g/mol. The molecule has 0 amide bonds.